The largest absolute Gasteiger partial charge is 0.310 e. The Kier molecular flexibility index (Phi) is 12.8. The van der Waals surface area contributed by atoms with Crippen molar-refractivity contribution in [1.82, 2.24) is 22.8 Å². The minimum Gasteiger partial charge on any atom is -0.310 e. The zero-order chi connectivity index (χ0) is 63.2. The topological polar surface area (TPSA) is 27.9 Å². The molecule has 0 fully saturated rings. The number of nitrogens with zero attached hydrogens (tertiary/aromatic N) is 6. The molecule has 0 bridgehead atoms. The fourth-order valence-electron chi connectivity index (χ4n) is 15.3. The van der Waals surface area contributed by atoms with Crippen molar-refractivity contribution in [3.63, 3.8) is 0 Å². The average Bonchev–Trinajstić information content (AvgIpc) is 1.64. The minimum atomic E-state index is 1.08. The van der Waals surface area contributed by atoms with E-state index in [4.69, 9.17) is 0 Å². The molecule has 0 N–H and O–H groups in total. The molecule has 0 amide bonds. The number of para-hydroxylation sites is 10. The zero-order valence-corrected chi connectivity index (χ0v) is 52.3. The van der Waals surface area contributed by atoms with Crippen LogP contribution in [-0.4, -0.2) is 22.8 Å². The van der Waals surface area contributed by atoms with Gasteiger partial charge in [0.05, 0.1) is 55.2 Å². The highest BCUT2D eigenvalue weighted by molar-refractivity contribution is 6.13. The fourth-order valence-corrected chi connectivity index (χ4v) is 15.3. The number of rotatable bonds is 9. The predicted molar refractivity (Wildman–Crippen MR) is 405 cm³/mol. The van der Waals surface area contributed by atoms with Gasteiger partial charge in [-0.2, -0.15) is 0 Å². The molecule has 0 unspecified atom stereocenters. The van der Waals surface area contributed by atoms with Crippen LogP contribution in [0, 0.1) is 0 Å². The lowest BCUT2D eigenvalue weighted by Crippen LogP contribution is -2.10. The van der Waals surface area contributed by atoms with Crippen molar-refractivity contribution in [1.29, 1.82) is 0 Å². The van der Waals surface area contributed by atoms with Crippen LogP contribution in [0.3, 0.4) is 0 Å². The monoisotopic (exact) mass is 1220 g/mol. The Morgan fingerprint density at radius 2 is 0.271 bits per heavy atom. The summed E-state index contributed by atoms with van der Waals surface area (Å²) in [6, 6.07) is 132. The number of fused-ring (bicyclic) bond motifs is 15. The van der Waals surface area contributed by atoms with E-state index in [2.05, 4.69) is 392 Å². The Morgan fingerprint density at radius 3 is 0.427 bits per heavy atom. The number of hydrogen-bond acceptors (Lipinski definition) is 1. The van der Waals surface area contributed by atoms with Crippen LogP contribution in [-0.2, 0) is 0 Å². The van der Waals surface area contributed by atoms with Crippen molar-refractivity contribution in [2.45, 2.75) is 0 Å². The van der Waals surface area contributed by atoms with Gasteiger partial charge in [0.25, 0.3) is 0 Å². The van der Waals surface area contributed by atoms with E-state index in [1.807, 2.05) is 0 Å². The molecule has 96 heavy (non-hydrogen) atoms. The van der Waals surface area contributed by atoms with Crippen molar-refractivity contribution >= 4 is 126 Å². The van der Waals surface area contributed by atoms with E-state index < -0.39 is 0 Å². The van der Waals surface area contributed by atoms with Gasteiger partial charge in [0, 0.05) is 99.4 Å². The Hall–Kier alpha value is -12.9. The average molecular weight is 1230 g/mol. The molecule has 20 rings (SSSR count). The standard InChI is InChI=1S/C54H36N4.C36H24N2/c1-7-19-49-43(13-1)44-14-2-8-20-50(44)56(49)40-31-25-37(26-32-40)55(38-27-33-41(34-28-38)57-51-21-9-3-15-45(51)46-16-4-10-22-52(46)57)39-29-35-42(36-30-39)58-53-23-11-5-17-47(53)48-18-6-12-24-54(48)58;1-5-13-33-29(9-1)30-10-2-6-14-34(30)37(33)27-21-17-25(18-22-27)26-19-23-28(24-20-26)38-35-15-7-3-11-31(35)32-12-4-8-16-36(32)38/h1-36H;1-24H. The molecule has 0 aliphatic carbocycles. The van der Waals surface area contributed by atoms with Crippen LogP contribution < -0.4 is 4.90 Å². The quantitative estimate of drug-likeness (QED) is 0.142. The molecule has 6 nitrogen and oxygen atoms in total. The second-order valence-electron chi connectivity index (χ2n) is 24.8. The van der Waals surface area contributed by atoms with Crippen LogP contribution in [0.5, 0.6) is 0 Å². The van der Waals surface area contributed by atoms with Gasteiger partial charge in [-0.25, -0.2) is 0 Å². The molecule has 15 aromatic carbocycles. The summed E-state index contributed by atoms with van der Waals surface area (Å²) >= 11 is 0. The van der Waals surface area contributed by atoms with Crippen molar-refractivity contribution in [2.75, 3.05) is 4.90 Å². The molecule has 0 atom stereocenters. The van der Waals surface area contributed by atoms with Crippen LogP contribution in [0.25, 0.3) is 149 Å². The molecule has 0 aliphatic heterocycles. The van der Waals surface area contributed by atoms with E-state index >= 15 is 0 Å². The van der Waals surface area contributed by atoms with E-state index in [0.717, 1.165) is 34.1 Å². The lowest BCUT2D eigenvalue weighted by atomic mass is 10.0. The molecule has 0 saturated carbocycles. The predicted octanol–water partition coefficient (Wildman–Crippen LogP) is 24.0. The van der Waals surface area contributed by atoms with E-state index in [1.54, 1.807) is 0 Å². The molecule has 0 spiro atoms. The van der Waals surface area contributed by atoms with Crippen LogP contribution in [0.15, 0.2) is 364 Å². The second kappa shape index (κ2) is 22.4. The van der Waals surface area contributed by atoms with Crippen molar-refractivity contribution in [3.8, 4) is 39.6 Å². The van der Waals surface area contributed by atoms with Gasteiger partial charge in [0.1, 0.15) is 0 Å². The second-order valence-corrected chi connectivity index (χ2v) is 24.8. The lowest BCUT2D eigenvalue weighted by Gasteiger charge is -2.26. The van der Waals surface area contributed by atoms with Crippen LogP contribution in [0.4, 0.5) is 17.1 Å². The maximum atomic E-state index is 2.37. The maximum Gasteiger partial charge on any atom is 0.0541 e. The first-order valence-electron chi connectivity index (χ1n) is 32.9. The van der Waals surface area contributed by atoms with Gasteiger partial charge in [-0.15, -0.1) is 0 Å². The maximum absolute atomic E-state index is 2.37. The van der Waals surface area contributed by atoms with Gasteiger partial charge >= 0.3 is 0 Å². The van der Waals surface area contributed by atoms with Crippen LogP contribution in [0.2, 0.25) is 0 Å². The van der Waals surface area contributed by atoms with E-state index in [9.17, 15) is 0 Å². The molecular formula is C90H60N6. The molecular weight excluding hydrogens is 1170 g/mol. The smallest absolute Gasteiger partial charge is 0.0541 e. The summed E-state index contributed by atoms with van der Waals surface area (Å²) in [4.78, 5) is 2.36. The lowest BCUT2D eigenvalue weighted by molar-refractivity contribution is 1.16. The highest BCUT2D eigenvalue weighted by Crippen LogP contribution is 2.42. The zero-order valence-electron chi connectivity index (χ0n) is 52.3. The molecule has 6 heteroatoms. The van der Waals surface area contributed by atoms with Crippen LogP contribution >= 0.6 is 0 Å². The van der Waals surface area contributed by atoms with E-state index in [-0.39, 0.29) is 0 Å². The first kappa shape index (κ1) is 54.8. The molecule has 0 saturated heterocycles. The Morgan fingerprint density at radius 1 is 0.135 bits per heavy atom. The van der Waals surface area contributed by atoms with Crippen molar-refractivity contribution < 1.29 is 0 Å². The summed E-state index contributed by atoms with van der Waals surface area (Å²) in [6.07, 6.45) is 0. The summed E-state index contributed by atoms with van der Waals surface area (Å²) < 4.78 is 11.8. The van der Waals surface area contributed by atoms with Gasteiger partial charge in [-0.3, -0.25) is 0 Å². The molecule has 5 heterocycles. The molecule has 20 aromatic rings. The number of benzene rings is 15. The summed E-state index contributed by atoms with van der Waals surface area (Å²) in [7, 11) is 0. The molecule has 0 aliphatic rings. The minimum absolute atomic E-state index is 1.08. The highest BCUT2D eigenvalue weighted by atomic mass is 15.1. The van der Waals surface area contributed by atoms with E-state index in [0.29, 0.717) is 0 Å². The Bertz CT molecular complexity index is 5560. The third-order valence-electron chi connectivity index (χ3n) is 19.6. The normalized spacial score (nSPS) is 11.8. The summed E-state index contributed by atoms with van der Waals surface area (Å²) in [5, 5.41) is 12.7. The van der Waals surface area contributed by atoms with Crippen LogP contribution in [0.1, 0.15) is 0 Å². The molecule has 450 valence electrons. The van der Waals surface area contributed by atoms with Crippen molar-refractivity contribution in [2.24, 2.45) is 0 Å². The molecule has 0 radical (unpaired) electrons. The summed E-state index contributed by atoms with van der Waals surface area (Å²) in [5.74, 6) is 0. The van der Waals surface area contributed by atoms with Gasteiger partial charge in [0.2, 0.25) is 0 Å². The summed E-state index contributed by atoms with van der Waals surface area (Å²) in [5.41, 5.74) is 23.6. The Balaban J connectivity index is 0.000000148. The highest BCUT2D eigenvalue weighted by Gasteiger charge is 2.20. The number of aromatic nitrogens is 5. The summed E-state index contributed by atoms with van der Waals surface area (Å²) in [6.45, 7) is 0. The number of anilines is 3. The van der Waals surface area contributed by atoms with Gasteiger partial charge < -0.3 is 27.7 Å². The van der Waals surface area contributed by atoms with Gasteiger partial charge in [-0.05, 0) is 169 Å². The van der Waals surface area contributed by atoms with E-state index in [1.165, 1.54) is 132 Å². The van der Waals surface area contributed by atoms with Gasteiger partial charge in [-0.1, -0.05) is 206 Å². The van der Waals surface area contributed by atoms with Gasteiger partial charge in [0.15, 0.2) is 0 Å². The first-order chi connectivity index (χ1) is 47.7. The Labute approximate surface area is 554 Å². The SMILES string of the molecule is c1ccc2c(c1)c1ccccc1n2-c1ccc(-c2ccc(-n3c4ccccc4c4ccccc43)cc2)cc1.c1ccc2c(c1)c1ccccc1n2-c1ccc(N(c2ccc(-n3c4ccccc4c4ccccc43)cc2)c2ccc(-n3c4ccccc4c4ccccc43)cc2)cc1. The first-order valence-corrected chi connectivity index (χ1v) is 32.9. The fraction of sp³-hybridized carbons (Fsp3) is 0. The molecule has 5 aromatic heterocycles. The number of hydrogen-bond donors (Lipinski definition) is 0. The third kappa shape index (κ3) is 8.80. The van der Waals surface area contributed by atoms with Crippen molar-refractivity contribution in [3.05, 3.63) is 364 Å². The third-order valence-corrected chi connectivity index (χ3v) is 19.6.